The summed E-state index contributed by atoms with van der Waals surface area (Å²) >= 11 is 12.0. The molecule has 0 heterocycles. The van der Waals surface area contributed by atoms with Crippen molar-refractivity contribution in [1.29, 1.82) is 0 Å². The van der Waals surface area contributed by atoms with Gasteiger partial charge in [-0.1, -0.05) is 81.1 Å². The molecule has 1 N–H and O–H groups in total. The van der Waals surface area contributed by atoms with Gasteiger partial charge in [0.05, 0.1) is 10.0 Å². The molecule has 0 fully saturated rings. The first kappa shape index (κ1) is 18.8. The van der Waals surface area contributed by atoms with E-state index in [2.05, 4.69) is 18.3 Å². The quantitative estimate of drug-likeness (QED) is 0.472. The number of unbranched alkanes of at least 4 members (excludes halogenated alkanes) is 6. The Morgan fingerprint density at radius 2 is 1.62 bits per heavy atom. The minimum atomic E-state index is 0.526. The lowest BCUT2D eigenvalue weighted by Crippen LogP contribution is -2.27. The molecule has 0 aliphatic rings. The minimum Gasteiger partial charge on any atom is -0.317 e. The summed E-state index contributed by atoms with van der Waals surface area (Å²) in [5.41, 5.74) is 1.26. The molecule has 0 aromatic heterocycles. The van der Waals surface area contributed by atoms with E-state index in [1.807, 2.05) is 19.2 Å². The van der Waals surface area contributed by atoms with Crippen LogP contribution in [0.5, 0.6) is 0 Å². The highest BCUT2D eigenvalue weighted by Crippen LogP contribution is 2.23. The van der Waals surface area contributed by atoms with Gasteiger partial charge in [0.25, 0.3) is 0 Å². The third kappa shape index (κ3) is 8.09. The fourth-order valence-electron chi connectivity index (χ4n) is 2.65. The standard InChI is InChI=1S/C18H29Cl2N/c1-3-4-5-6-7-8-9-10-16(21-2)13-15-11-12-17(19)18(20)14-15/h11-12,14,16,21H,3-10,13H2,1-2H3. The van der Waals surface area contributed by atoms with Crippen LogP contribution < -0.4 is 5.32 Å². The number of nitrogens with one attached hydrogen (secondary N) is 1. The number of rotatable bonds is 11. The Balaban J connectivity index is 2.23. The van der Waals surface area contributed by atoms with E-state index in [1.165, 1.54) is 56.9 Å². The molecule has 0 bridgehead atoms. The molecule has 0 spiro atoms. The van der Waals surface area contributed by atoms with Crippen LogP contribution in [-0.4, -0.2) is 13.1 Å². The van der Waals surface area contributed by atoms with Gasteiger partial charge in [-0.2, -0.15) is 0 Å². The van der Waals surface area contributed by atoms with Crippen molar-refractivity contribution in [3.05, 3.63) is 33.8 Å². The maximum atomic E-state index is 6.08. The van der Waals surface area contributed by atoms with Crippen LogP contribution in [0.25, 0.3) is 0 Å². The first-order valence-electron chi connectivity index (χ1n) is 8.28. The molecule has 0 saturated carbocycles. The van der Waals surface area contributed by atoms with Gasteiger partial charge >= 0.3 is 0 Å². The van der Waals surface area contributed by atoms with Crippen molar-refractivity contribution in [2.75, 3.05) is 7.05 Å². The van der Waals surface area contributed by atoms with Gasteiger partial charge in [0.2, 0.25) is 0 Å². The molecule has 3 heteroatoms. The van der Waals surface area contributed by atoms with E-state index in [9.17, 15) is 0 Å². The van der Waals surface area contributed by atoms with Gasteiger partial charge in [0.15, 0.2) is 0 Å². The summed E-state index contributed by atoms with van der Waals surface area (Å²) in [6.45, 7) is 2.26. The zero-order valence-electron chi connectivity index (χ0n) is 13.4. The predicted molar refractivity (Wildman–Crippen MR) is 95.6 cm³/mol. The Kier molecular flexibility index (Phi) is 10.2. The maximum Gasteiger partial charge on any atom is 0.0595 e. The lowest BCUT2D eigenvalue weighted by atomic mass is 9.99. The summed E-state index contributed by atoms with van der Waals surface area (Å²) in [6.07, 6.45) is 11.8. The van der Waals surface area contributed by atoms with E-state index in [0.29, 0.717) is 16.1 Å². The lowest BCUT2D eigenvalue weighted by molar-refractivity contribution is 0.478. The number of halogens is 2. The van der Waals surface area contributed by atoms with Crippen LogP contribution in [0, 0.1) is 0 Å². The lowest BCUT2D eigenvalue weighted by Gasteiger charge is -2.16. The normalized spacial score (nSPS) is 12.6. The molecule has 1 aromatic carbocycles. The van der Waals surface area contributed by atoms with Crippen LogP contribution in [0.15, 0.2) is 18.2 Å². The molecule has 1 aromatic rings. The highest BCUT2D eigenvalue weighted by molar-refractivity contribution is 6.42. The molecule has 0 amide bonds. The predicted octanol–water partition coefficient (Wildman–Crippen LogP) is 6.26. The Morgan fingerprint density at radius 3 is 2.24 bits per heavy atom. The zero-order chi connectivity index (χ0) is 15.5. The second-order valence-corrected chi connectivity index (χ2v) is 6.66. The van der Waals surface area contributed by atoms with E-state index in [-0.39, 0.29) is 0 Å². The molecule has 120 valence electrons. The van der Waals surface area contributed by atoms with Gasteiger partial charge in [-0.15, -0.1) is 0 Å². The van der Waals surface area contributed by atoms with Gasteiger partial charge in [0.1, 0.15) is 0 Å². The van der Waals surface area contributed by atoms with Crippen molar-refractivity contribution in [1.82, 2.24) is 5.32 Å². The highest BCUT2D eigenvalue weighted by Gasteiger charge is 2.08. The van der Waals surface area contributed by atoms with Crippen molar-refractivity contribution in [3.63, 3.8) is 0 Å². The van der Waals surface area contributed by atoms with Crippen molar-refractivity contribution >= 4 is 23.2 Å². The molecule has 0 aliphatic heterocycles. The molecule has 21 heavy (non-hydrogen) atoms. The number of hydrogen-bond donors (Lipinski definition) is 1. The number of benzene rings is 1. The number of hydrogen-bond acceptors (Lipinski definition) is 1. The zero-order valence-corrected chi connectivity index (χ0v) is 14.9. The van der Waals surface area contributed by atoms with E-state index in [1.54, 1.807) is 0 Å². The SMILES string of the molecule is CCCCCCCCCC(Cc1ccc(Cl)c(Cl)c1)NC. The number of likely N-dealkylation sites (N-methyl/N-ethyl adjacent to an activating group) is 1. The van der Waals surface area contributed by atoms with Crippen molar-refractivity contribution in [3.8, 4) is 0 Å². The van der Waals surface area contributed by atoms with Gasteiger partial charge in [0, 0.05) is 6.04 Å². The van der Waals surface area contributed by atoms with Crippen LogP contribution in [0.3, 0.4) is 0 Å². The van der Waals surface area contributed by atoms with Crippen LogP contribution in [0.2, 0.25) is 10.0 Å². The fraction of sp³-hybridized carbons (Fsp3) is 0.667. The van der Waals surface area contributed by atoms with Gasteiger partial charge < -0.3 is 5.32 Å². The second-order valence-electron chi connectivity index (χ2n) is 5.85. The fourth-order valence-corrected chi connectivity index (χ4v) is 2.97. The molecule has 1 atom stereocenters. The Bertz CT molecular complexity index is 393. The summed E-state index contributed by atoms with van der Waals surface area (Å²) in [6, 6.07) is 6.47. The minimum absolute atomic E-state index is 0.526. The third-order valence-corrected chi connectivity index (χ3v) is 4.77. The van der Waals surface area contributed by atoms with E-state index < -0.39 is 0 Å². The van der Waals surface area contributed by atoms with Gasteiger partial charge in [-0.05, 0) is 37.6 Å². The van der Waals surface area contributed by atoms with Crippen LogP contribution in [-0.2, 0) is 6.42 Å². The van der Waals surface area contributed by atoms with E-state index in [0.717, 1.165) is 6.42 Å². The maximum absolute atomic E-state index is 6.08. The van der Waals surface area contributed by atoms with Crippen LogP contribution >= 0.6 is 23.2 Å². The first-order valence-corrected chi connectivity index (χ1v) is 9.04. The molecule has 0 saturated heterocycles. The van der Waals surface area contributed by atoms with Crippen LogP contribution in [0.1, 0.15) is 63.9 Å². The van der Waals surface area contributed by atoms with E-state index in [4.69, 9.17) is 23.2 Å². The van der Waals surface area contributed by atoms with Crippen molar-refractivity contribution in [2.24, 2.45) is 0 Å². The van der Waals surface area contributed by atoms with Crippen molar-refractivity contribution in [2.45, 2.75) is 70.8 Å². The molecule has 0 radical (unpaired) electrons. The molecule has 0 aliphatic carbocycles. The monoisotopic (exact) mass is 329 g/mol. The highest BCUT2D eigenvalue weighted by atomic mass is 35.5. The van der Waals surface area contributed by atoms with Crippen LogP contribution in [0.4, 0.5) is 0 Å². The summed E-state index contributed by atoms with van der Waals surface area (Å²) < 4.78 is 0. The summed E-state index contributed by atoms with van der Waals surface area (Å²) in [5, 5.41) is 4.71. The van der Waals surface area contributed by atoms with Crippen molar-refractivity contribution < 1.29 is 0 Å². The third-order valence-electron chi connectivity index (χ3n) is 4.03. The Hall–Kier alpha value is -0.240. The average Bonchev–Trinajstić information content (AvgIpc) is 2.48. The topological polar surface area (TPSA) is 12.0 Å². The second kappa shape index (κ2) is 11.3. The largest absolute Gasteiger partial charge is 0.317 e. The van der Waals surface area contributed by atoms with Gasteiger partial charge in [-0.3, -0.25) is 0 Å². The Labute approximate surface area is 140 Å². The summed E-state index contributed by atoms with van der Waals surface area (Å²) in [7, 11) is 2.05. The van der Waals surface area contributed by atoms with Gasteiger partial charge in [-0.25, -0.2) is 0 Å². The summed E-state index contributed by atoms with van der Waals surface area (Å²) in [4.78, 5) is 0. The summed E-state index contributed by atoms with van der Waals surface area (Å²) in [5.74, 6) is 0. The van der Waals surface area contributed by atoms with E-state index >= 15 is 0 Å². The average molecular weight is 330 g/mol. The first-order chi connectivity index (χ1) is 10.2. The molecule has 1 nitrogen and oxygen atoms in total. The molecule has 1 unspecified atom stereocenters. The molecule has 1 rings (SSSR count). The Morgan fingerprint density at radius 1 is 0.952 bits per heavy atom. The smallest absolute Gasteiger partial charge is 0.0595 e. The molecular weight excluding hydrogens is 301 g/mol. The molecular formula is C18H29Cl2N.